The van der Waals surface area contributed by atoms with E-state index in [-0.39, 0.29) is 4.90 Å². The van der Waals surface area contributed by atoms with E-state index >= 15 is 0 Å². The third-order valence-electron chi connectivity index (χ3n) is 3.57. The Morgan fingerprint density at radius 2 is 1.92 bits per heavy atom. The number of rotatable bonds is 5. The third-order valence-corrected chi connectivity index (χ3v) is 4.95. The number of fused-ring (bicyclic) bond motifs is 1. The van der Waals surface area contributed by atoms with Crippen molar-refractivity contribution in [1.29, 1.82) is 0 Å². The van der Waals surface area contributed by atoms with Crippen LogP contribution in [-0.4, -0.2) is 20.0 Å². The van der Waals surface area contributed by atoms with E-state index in [1.165, 1.54) is 0 Å². The summed E-state index contributed by atoms with van der Waals surface area (Å²) in [5.41, 5.74) is 1.89. The summed E-state index contributed by atoms with van der Waals surface area (Å²) in [6.07, 6.45) is 1.64. The van der Waals surface area contributed by atoms with Crippen molar-refractivity contribution in [1.82, 2.24) is 4.98 Å². The topological polar surface area (TPSA) is 68.3 Å². The molecule has 1 N–H and O–H groups in total. The first-order valence-corrected chi connectivity index (χ1v) is 9.09. The predicted octanol–water partition coefficient (Wildman–Crippen LogP) is 3.74. The SMILES string of the molecule is CCOc1ccc(C)cc1S(=O)(=O)Nc1cccc2cccnc12. The van der Waals surface area contributed by atoms with E-state index < -0.39 is 10.0 Å². The third kappa shape index (κ3) is 3.19. The molecular formula is C18H18N2O3S. The number of ether oxygens (including phenoxy) is 1. The molecule has 6 heteroatoms. The Labute approximate surface area is 141 Å². The summed E-state index contributed by atoms with van der Waals surface area (Å²) < 4.78 is 33.9. The van der Waals surface area contributed by atoms with Gasteiger partial charge in [-0.3, -0.25) is 9.71 Å². The molecule has 0 saturated carbocycles. The molecule has 5 nitrogen and oxygen atoms in total. The Bertz CT molecular complexity index is 979. The van der Waals surface area contributed by atoms with Crippen LogP contribution in [-0.2, 0) is 10.0 Å². The number of benzene rings is 2. The fourth-order valence-electron chi connectivity index (χ4n) is 2.49. The van der Waals surface area contributed by atoms with E-state index in [2.05, 4.69) is 9.71 Å². The highest BCUT2D eigenvalue weighted by molar-refractivity contribution is 7.92. The molecule has 0 atom stereocenters. The molecule has 0 amide bonds. The van der Waals surface area contributed by atoms with Crippen LogP contribution >= 0.6 is 0 Å². The van der Waals surface area contributed by atoms with Gasteiger partial charge in [-0.1, -0.05) is 24.3 Å². The molecule has 0 saturated heterocycles. The lowest BCUT2D eigenvalue weighted by Crippen LogP contribution is -2.15. The summed E-state index contributed by atoms with van der Waals surface area (Å²) in [5, 5.41) is 0.868. The fraction of sp³-hybridized carbons (Fsp3) is 0.167. The van der Waals surface area contributed by atoms with Crippen LogP contribution < -0.4 is 9.46 Å². The number of nitrogens with zero attached hydrogens (tertiary/aromatic N) is 1. The second-order valence-electron chi connectivity index (χ2n) is 5.37. The van der Waals surface area contributed by atoms with Crippen molar-refractivity contribution in [3.8, 4) is 5.75 Å². The number of sulfonamides is 1. The highest BCUT2D eigenvalue weighted by atomic mass is 32.2. The zero-order valence-electron chi connectivity index (χ0n) is 13.5. The summed E-state index contributed by atoms with van der Waals surface area (Å²) >= 11 is 0. The van der Waals surface area contributed by atoms with Crippen LogP contribution in [0.2, 0.25) is 0 Å². The van der Waals surface area contributed by atoms with Crippen molar-refractivity contribution in [3.63, 3.8) is 0 Å². The Morgan fingerprint density at radius 1 is 1.12 bits per heavy atom. The van der Waals surface area contributed by atoms with Gasteiger partial charge in [0.15, 0.2) is 0 Å². The Kier molecular flexibility index (Phi) is 4.40. The van der Waals surface area contributed by atoms with E-state index in [0.29, 0.717) is 23.6 Å². The molecule has 24 heavy (non-hydrogen) atoms. The molecule has 0 fully saturated rings. The molecule has 3 rings (SSSR count). The van der Waals surface area contributed by atoms with Gasteiger partial charge >= 0.3 is 0 Å². The molecule has 0 aliphatic heterocycles. The van der Waals surface area contributed by atoms with E-state index in [9.17, 15) is 8.42 Å². The molecular weight excluding hydrogens is 324 g/mol. The summed E-state index contributed by atoms with van der Waals surface area (Å²) in [6, 6.07) is 14.2. The molecule has 0 bridgehead atoms. The van der Waals surface area contributed by atoms with Gasteiger partial charge in [0.25, 0.3) is 10.0 Å². The summed E-state index contributed by atoms with van der Waals surface area (Å²) in [7, 11) is -3.80. The first-order valence-electron chi connectivity index (χ1n) is 7.61. The number of hydrogen-bond donors (Lipinski definition) is 1. The largest absolute Gasteiger partial charge is 0.492 e. The van der Waals surface area contributed by atoms with Crippen LogP contribution in [0.3, 0.4) is 0 Å². The number of para-hydroxylation sites is 1. The standard InChI is InChI=1S/C18H18N2O3S/c1-3-23-16-10-9-13(2)12-17(16)24(21,22)20-15-8-4-6-14-7-5-11-19-18(14)15/h4-12,20H,3H2,1-2H3. The molecule has 1 heterocycles. The number of hydrogen-bond acceptors (Lipinski definition) is 4. The van der Waals surface area contributed by atoms with Gasteiger partial charge in [0.05, 0.1) is 17.8 Å². The zero-order chi connectivity index (χ0) is 17.2. The van der Waals surface area contributed by atoms with Crippen LogP contribution in [0.5, 0.6) is 5.75 Å². The Hall–Kier alpha value is -2.60. The van der Waals surface area contributed by atoms with E-state index in [1.54, 1.807) is 30.5 Å². The van der Waals surface area contributed by atoms with Crippen LogP contribution in [0.15, 0.2) is 59.6 Å². The van der Waals surface area contributed by atoms with Crippen molar-refractivity contribution < 1.29 is 13.2 Å². The maximum atomic E-state index is 12.9. The predicted molar refractivity (Wildman–Crippen MR) is 94.9 cm³/mol. The summed E-state index contributed by atoms with van der Waals surface area (Å²) in [4.78, 5) is 4.40. The molecule has 2 aromatic carbocycles. The average Bonchev–Trinajstić information content (AvgIpc) is 2.57. The van der Waals surface area contributed by atoms with Gasteiger partial charge in [-0.05, 0) is 43.7 Å². The monoisotopic (exact) mass is 342 g/mol. The second-order valence-corrected chi connectivity index (χ2v) is 7.02. The smallest absolute Gasteiger partial charge is 0.265 e. The van der Waals surface area contributed by atoms with Gasteiger partial charge in [0, 0.05) is 11.6 Å². The number of anilines is 1. The minimum atomic E-state index is -3.80. The van der Waals surface area contributed by atoms with Gasteiger partial charge in [0.2, 0.25) is 0 Å². The maximum Gasteiger partial charge on any atom is 0.265 e. The summed E-state index contributed by atoms with van der Waals surface area (Å²) in [6.45, 7) is 4.05. The van der Waals surface area contributed by atoms with Gasteiger partial charge in [-0.25, -0.2) is 8.42 Å². The second kappa shape index (κ2) is 6.49. The van der Waals surface area contributed by atoms with E-state index in [4.69, 9.17) is 4.74 Å². The van der Waals surface area contributed by atoms with Gasteiger partial charge in [-0.15, -0.1) is 0 Å². The van der Waals surface area contributed by atoms with Gasteiger partial charge < -0.3 is 4.74 Å². The Morgan fingerprint density at radius 3 is 2.71 bits per heavy atom. The molecule has 0 aliphatic rings. The van der Waals surface area contributed by atoms with E-state index in [1.807, 2.05) is 38.1 Å². The molecule has 1 aromatic heterocycles. The number of nitrogens with one attached hydrogen (secondary N) is 1. The van der Waals surface area contributed by atoms with Crippen LogP contribution in [0.4, 0.5) is 5.69 Å². The van der Waals surface area contributed by atoms with Crippen molar-refractivity contribution >= 4 is 26.6 Å². The molecule has 0 radical (unpaired) electrons. The molecule has 0 spiro atoms. The molecule has 0 unspecified atom stereocenters. The number of pyridine rings is 1. The lowest BCUT2D eigenvalue weighted by atomic mass is 10.2. The first-order chi connectivity index (χ1) is 11.5. The number of aromatic nitrogens is 1. The minimum absolute atomic E-state index is 0.122. The van der Waals surface area contributed by atoms with Crippen LogP contribution in [0.25, 0.3) is 10.9 Å². The molecule has 124 valence electrons. The van der Waals surface area contributed by atoms with Crippen molar-refractivity contribution in [2.24, 2.45) is 0 Å². The van der Waals surface area contributed by atoms with Gasteiger partial charge in [0.1, 0.15) is 10.6 Å². The summed E-state index contributed by atoms with van der Waals surface area (Å²) in [5.74, 6) is 0.337. The average molecular weight is 342 g/mol. The zero-order valence-corrected chi connectivity index (χ0v) is 14.3. The lowest BCUT2D eigenvalue weighted by molar-refractivity contribution is 0.331. The molecule has 0 aliphatic carbocycles. The van der Waals surface area contributed by atoms with E-state index in [0.717, 1.165) is 10.9 Å². The van der Waals surface area contributed by atoms with Crippen LogP contribution in [0.1, 0.15) is 12.5 Å². The highest BCUT2D eigenvalue weighted by Gasteiger charge is 2.21. The minimum Gasteiger partial charge on any atom is -0.492 e. The Balaban J connectivity index is 2.07. The fourth-order valence-corrected chi connectivity index (χ4v) is 3.78. The first kappa shape index (κ1) is 16.3. The quantitative estimate of drug-likeness (QED) is 0.767. The molecule has 3 aromatic rings. The lowest BCUT2D eigenvalue weighted by Gasteiger charge is -2.14. The maximum absolute atomic E-state index is 12.9. The van der Waals surface area contributed by atoms with Crippen molar-refractivity contribution in [3.05, 3.63) is 60.3 Å². The number of aryl methyl sites for hydroxylation is 1. The van der Waals surface area contributed by atoms with Gasteiger partial charge in [-0.2, -0.15) is 0 Å². The van der Waals surface area contributed by atoms with Crippen molar-refractivity contribution in [2.75, 3.05) is 11.3 Å². The normalized spacial score (nSPS) is 11.4. The highest BCUT2D eigenvalue weighted by Crippen LogP contribution is 2.29. The van der Waals surface area contributed by atoms with Crippen molar-refractivity contribution in [2.45, 2.75) is 18.7 Å². The van der Waals surface area contributed by atoms with Crippen LogP contribution in [0, 0.1) is 6.92 Å².